The minimum Gasteiger partial charge on any atom is -0.507 e. The second-order valence-electron chi connectivity index (χ2n) is 7.50. The highest BCUT2D eigenvalue weighted by Gasteiger charge is 2.27. The Morgan fingerprint density at radius 2 is 1.95 bits per heavy atom. The summed E-state index contributed by atoms with van der Waals surface area (Å²) >= 11 is 3.53. The molecular formula is C18H28BrNO. The molecule has 21 heavy (non-hydrogen) atoms. The standard InChI is InChI=1S/C18H28BrNO/c1-13-10-16(19)11-14(17(13)21)12-20-8-5-6-15(7-9-20)18(2,3)4/h10-11,15,21H,5-9,12H2,1-4H3. The van der Waals surface area contributed by atoms with Gasteiger partial charge in [0.05, 0.1) is 0 Å². The van der Waals surface area contributed by atoms with E-state index < -0.39 is 0 Å². The molecule has 118 valence electrons. The minimum absolute atomic E-state index is 0.407. The molecule has 0 aliphatic carbocycles. The zero-order valence-electron chi connectivity index (χ0n) is 13.7. The third-order valence-electron chi connectivity index (χ3n) is 4.78. The summed E-state index contributed by atoms with van der Waals surface area (Å²) in [6.07, 6.45) is 3.84. The van der Waals surface area contributed by atoms with Gasteiger partial charge in [-0.15, -0.1) is 0 Å². The van der Waals surface area contributed by atoms with E-state index in [1.165, 1.54) is 19.3 Å². The predicted molar refractivity (Wildman–Crippen MR) is 92.6 cm³/mol. The number of halogens is 1. The molecular weight excluding hydrogens is 326 g/mol. The van der Waals surface area contributed by atoms with Gasteiger partial charge in [0, 0.05) is 16.6 Å². The number of hydrogen-bond acceptors (Lipinski definition) is 2. The van der Waals surface area contributed by atoms with Gasteiger partial charge in [0.1, 0.15) is 5.75 Å². The van der Waals surface area contributed by atoms with Gasteiger partial charge in [-0.2, -0.15) is 0 Å². The van der Waals surface area contributed by atoms with Gasteiger partial charge in [-0.3, -0.25) is 4.90 Å². The number of rotatable bonds is 2. The van der Waals surface area contributed by atoms with Crippen molar-refractivity contribution in [1.82, 2.24) is 4.90 Å². The first-order chi connectivity index (χ1) is 9.77. The molecule has 1 unspecified atom stereocenters. The van der Waals surface area contributed by atoms with Crippen molar-refractivity contribution in [3.63, 3.8) is 0 Å². The quantitative estimate of drug-likeness (QED) is 0.798. The molecule has 1 N–H and O–H groups in total. The van der Waals surface area contributed by atoms with E-state index in [4.69, 9.17) is 0 Å². The van der Waals surface area contributed by atoms with Crippen molar-refractivity contribution in [2.75, 3.05) is 13.1 Å². The number of phenols is 1. The SMILES string of the molecule is Cc1cc(Br)cc(CN2CCCC(C(C)(C)C)CC2)c1O. The van der Waals surface area contributed by atoms with Crippen LogP contribution >= 0.6 is 15.9 Å². The van der Waals surface area contributed by atoms with Crippen LogP contribution in [0.2, 0.25) is 0 Å². The van der Waals surface area contributed by atoms with Crippen LogP contribution < -0.4 is 0 Å². The number of benzene rings is 1. The molecule has 1 aromatic rings. The fourth-order valence-electron chi connectivity index (χ4n) is 3.35. The number of aromatic hydroxyl groups is 1. The van der Waals surface area contributed by atoms with E-state index in [1.807, 2.05) is 13.0 Å². The molecule has 1 aliphatic rings. The fraction of sp³-hybridized carbons (Fsp3) is 0.667. The molecule has 0 aromatic heterocycles. The summed E-state index contributed by atoms with van der Waals surface area (Å²) in [6, 6.07) is 4.02. The third-order valence-corrected chi connectivity index (χ3v) is 5.24. The molecule has 1 atom stereocenters. The molecule has 2 nitrogen and oxygen atoms in total. The highest BCUT2D eigenvalue weighted by Crippen LogP contribution is 2.35. The van der Waals surface area contributed by atoms with E-state index in [9.17, 15) is 5.11 Å². The summed E-state index contributed by atoms with van der Waals surface area (Å²) in [7, 11) is 0. The molecule has 1 fully saturated rings. The monoisotopic (exact) mass is 353 g/mol. The lowest BCUT2D eigenvalue weighted by Crippen LogP contribution is -2.26. The van der Waals surface area contributed by atoms with Gasteiger partial charge < -0.3 is 5.11 Å². The van der Waals surface area contributed by atoms with E-state index in [0.29, 0.717) is 11.2 Å². The molecule has 2 rings (SSSR count). The molecule has 0 spiro atoms. The van der Waals surface area contributed by atoms with Crippen LogP contribution in [0.5, 0.6) is 5.75 Å². The number of aryl methyl sites for hydroxylation is 1. The maximum Gasteiger partial charge on any atom is 0.123 e. The van der Waals surface area contributed by atoms with Crippen LogP contribution in [0.3, 0.4) is 0 Å². The largest absolute Gasteiger partial charge is 0.507 e. The number of phenolic OH excluding ortho intramolecular Hbond substituents is 1. The van der Waals surface area contributed by atoms with Crippen LogP contribution in [0.4, 0.5) is 0 Å². The molecule has 1 saturated heterocycles. The summed E-state index contributed by atoms with van der Waals surface area (Å²) in [5.41, 5.74) is 2.39. The average molecular weight is 354 g/mol. The highest BCUT2D eigenvalue weighted by molar-refractivity contribution is 9.10. The summed E-state index contributed by atoms with van der Waals surface area (Å²) in [4.78, 5) is 2.49. The lowest BCUT2D eigenvalue weighted by Gasteiger charge is -2.29. The Kier molecular flexibility index (Phi) is 5.37. The molecule has 0 saturated carbocycles. The van der Waals surface area contributed by atoms with Crippen LogP contribution in [-0.2, 0) is 6.54 Å². The Morgan fingerprint density at radius 1 is 1.24 bits per heavy atom. The second kappa shape index (κ2) is 6.70. The van der Waals surface area contributed by atoms with Crippen LogP contribution in [0, 0.1) is 18.3 Å². The summed E-state index contributed by atoms with van der Waals surface area (Å²) in [5.74, 6) is 1.26. The maximum absolute atomic E-state index is 10.3. The minimum atomic E-state index is 0.407. The number of hydrogen-bond donors (Lipinski definition) is 1. The van der Waals surface area contributed by atoms with Crippen LogP contribution in [0.25, 0.3) is 0 Å². The molecule has 0 bridgehead atoms. The van der Waals surface area contributed by atoms with Gasteiger partial charge >= 0.3 is 0 Å². The van der Waals surface area contributed by atoms with Crippen LogP contribution in [-0.4, -0.2) is 23.1 Å². The van der Waals surface area contributed by atoms with E-state index in [1.54, 1.807) is 0 Å². The zero-order chi connectivity index (χ0) is 15.6. The first-order valence-corrected chi connectivity index (χ1v) is 8.77. The lowest BCUT2D eigenvalue weighted by atomic mass is 9.77. The van der Waals surface area contributed by atoms with Crippen molar-refractivity contribution in [1.29, 1.82) is 0 Å². The van der Waals surface area contributed by atoms with Gasteiger partial charge in [0.15, 0.2) is 0 Å². The van der Waals surface area contributed by atoms with Crippen molar-refractivity contribution < 1.29 is 5.11 Å². The Labute approximate surface area is 137 Å². The average Bonchev–Trinajstić information content (AvgIpc) is 2.60. The molecule has 1 aromatic carbocycles. The fourth-order valence-corrected chi connectivity index (χ4v) is 3.97. The van der Waals surface area contributed by atoms with Crippen molar-refractivity contribution in [3.8, 4) is 5.75 Å². The first kappa shape index (κ1) is 16.8. The normalized spacial score (nSPS) is 21.3. The highest BCUT2D eigenvalue weighted by atomic mass is 79.9. The van der Waals surface area contributed by atoms with E-state index >= 15 is 0 Å². The Balaban J connectivity index is 2.04. The van der Waals surface area contributed by atoms with Gasteiger partial charge in [-0.05, 0) is 68.3 Å². The van der Waals surface area contributed by atoms with Gasteiger partial charge in [-0.25, -0.2) is 0 Å². The molecule has 3 heteroatoms. The number of likely N-dealkylation sites (tertiary alicyclic amines) is 1. The van der Waals surface area contributed by atoms with E-state index in [0.717, 1.165) is 41.2 Å². The van der Waals surface area contributed by atoms with Crippen LogP contribution in [0.1, 0.15) is 51.2 Å². The second-order valence-corrected chi connectivity index (χ2v) is 8.42. The van der Waals surface area contributed by atoms with Gasteiger partial charge in [-0.1, -0.05) is 36.7 Å². The van der Waals surface area contributed by atoms with E-state index in [2.05, 4.69) is 47.7 Å². The topological polar surface area (TPSA) is 23.5 Å². The summed E-state index contributed by atoms with van der Waals surface area (Å²) in [6.45, 7) is 12.2. The van der Waals surface area contributed by atoms with Crippen LogP contribution in [0.15, 0.2) is 16.6 Å². The molecule has 1 heterocycles. The smallest absolute Gasteiger partial charge is 0.123 e. The van der Waals surface area contributed by atoms with Gasteiger partial charge in [0.2, 0.25) is 0 Å². The molecule has 0 amide bonds. The first-order valence-electron chi connectivity index (χ1n) is 7.97. The van der Waals surface area contributed by atoms with Crippen molar-refractivity contribution in [2.24, 2.45) is 11.3 Å². The summed E-state index contributed by atoms with van der Waals surface area (Å²) < 4.78 is 1.05. The lowest BCUT2D eigenvalue weighted by molar-refractivity contribution is 0.206. The molecule has 0 radical (unpaired) electrons. The number of nitrogens with zero attached hydrogens (tertiary/aromatic N) is 1. The Bertz CT molecular complexity index is 493. The van der Waals surface area contributed by atoms with Crippen molar-refractivity contribution in [3.05, 3.63) is 27.7 Å². The maximum atomic E-state index is 10.3. The molecule has 1 aliphatic heterocycles. The Morgan fingerprint density at radius 3 is 2.62 bits per heavy atom. The third kappa shape index (κ3) is 4.46. The predicted octanol–water partition coefficient (Wildman–Crippen LogP) is 5.11. The van der Waals surface area contributed by atoms with E-state index in [-0.39, 0.29) is 0 Å². The summed E-state index contributed by atoms with van der Waals surface area (Å²) in [5, 5.41) is 10.3. The van der Waals surface area contributed by atoms with Crippen molar-refractivity contribution in [2.45, 2.75) is 53.5 Å². The zero-order valence-corrected chi connectivity index (χ0v) is 15.3. The van der Waals surface area contributed by atoms with Crippen molar-refractivity contribution >= 4 is 15.9 Å². The van der Waals surface area contributed by atoms with Gasteiger partial charge in [0.25, 0.3) is 0 Å². The Hall–Kier alpha value is -0.540.